The van der Waals surface area contributed by atoms with E-state index in [0.29, 0.717) is 33.2 Å². The lowest BCUT2D eigenvalue weighted by Gasteiger charge is -2.13. The van der Waals surface area contributed by atoms with Crippen molar-refractivity contribution in [1.82, 2.24) is 24.2 Å². The van der Waals surface area contributed by atoms with E-state index in [9.17, 15) is 9.59 Å². The highest BCUT2D eigenvalue weighted by Gasteiger charge is 2.22. The molecule has 30 heavy (non-hydrogen) atoms. The Labute approximate surface area is 177 Å². The van der Waals surface area contributed by atoms with Gasteiger partial charge in [-0.25, -0.2) is 4.98 Å². The molecule has 0 aliphatic heterocycles. The molecule has 3 aromatic heterocycles. The fraction of sp³-hybridized carbons (Fsp3) is 0.238. The van der Waals surface area contributed by atoms with Gasteiger partial charge in [-0.3, -0.25) is 9.59 Å². The molecule has 8 nitrogen and oxygen atoms in total. The summed E-state index contributed by atoms with van der Waals surface area (Å²) >= 11 is 6.19. The average molecular weight is 426 g/mol. The fourth-order valence-electron chi connectivity index (χ4n) is 3.51. The first-order valence-corrected chi connectivity index (χ1v) is 9.60. The van der Waals surface area contributed by atoms with Crippen LogP contribution in [-0.2, 0) is 18.3 Å². The lowest BCUT2D eigenvalue weighted by Crippen LogP contribution is -2.28. The molecule has 0 bridgehead atoms. The van der Waals surface area contributed by atoms with Crippen molar-refractivity contribution in [3.8, 4) is 11.6 Å². The standard InChI is InChI=1S/C21H20ClN5O3/c1-25(2)18(28)11-15-19-14-6-5-12(22)9-16(14)26(3)20(19)21(29)27(24-15)13-7-8-23-17(10-13)30-4/h5-10H,11H2,1-4H3. The monoisotopic (exact) mass is 425 g/mol. The minimum atomic E-state index is -0.311. The van der Waals surface area contributed by atoms with Gasteiger partial charge in [0.2, 0.25) is 11.8 Å². The van der Waals surface area contributed by atoms with Gasteiger partial charge in [-0.05, 0) is 18.2 Å². The summed E-state index contributed by atoms with van der Waals surface area (Å²) in [6, 6.07) is 8.70. The van der Waals surface area contributed by atoms with Crippen molar-refractivity contribution < 1.29 is 9.53 Å². The summed E-state index contributed by atoms with van der Waals surface area (Å²) in [5, 5.41) is 6.62. The van der Waals surface area contributed by atoms with Crippen molar-refractivity contribution in [1.29, 1.82) is 0 Å². The Morgan fingerprint density at radius 3 is 2.70 bits per heavy atom. The van der Waals surface area contributed by atoms with Crippen LogP contribution in [0, 0.1) is 0 Å². The second kappa shape index (κ2) is 7.46. The number of hydrogen-bond acceptors (Lipinski definition) is 5. The first kappa shape index (κ1) is 19.9. The first-order valence-electron chi connectivity index (χ1n) is 9.22. The van der Waals surface area contributed by atoms with Crippen LogP contribution in [0.2, 0.25) is 5.02 Å². The molecule has 1 aromatic carbocycles. The van der Waals surface area contributed by atoms with Crippen molar-refractivity contribution in [3.05, 3.63) is 57.6 Å². The zero-order valence-corrected chi connectivity index (χ0v) is 17.8. The highest BCUT2D eigenvalue weighted by Crippen LogP contribution is 2.31. The summed E-state index contributed by atoms with van der Waals surface area (Å²) in [6.07, 6.45) is 1.59. The largest absolute Gasteiger partial charge is 0.481 e. The van der Waals surface area contributed by atoms with Gasteiger partial charge in [-0.1, -0.05) is 17.7 Å². The number of amides is 1. The normalized spacial score (nSPS) is 11.2. The van der Waals surface area contributed by atoms with E-state index in [1.165, 1.54) is 16.7 Å². The second-order valence-corrected chi connectivity index (χ2v) is 7.57. The third-order valence-electron chi connectivity index (χ3n) is 5.06. The molecule has 9 heteroatoms. The molecule has 4 rings (SSSR count). The SMILES string of the molecule is COc1cc(-n2nc(CC(=O)N(C)C)c3c4ccc(Cl)cc4n(C)c3c2=O)ccn1. The van der Waals surface area contributed by atoms with Crippen molar-refractivity contribution >= 4 is 39.3 Å². The van der Waals surface area contributed by atoms with Gasteiger partial charge in [-0.2, -0.15) is 9.78 Å². The van der Waals surface area contributed by atoms with Crippen LogP contribution in [0.1, 0.15) is 5.69 Å². The van der Waals surface area contributed by atoms with Gasteiger partial charge < -0.3 is 14.2 Å². The Kier molecular flexibility index (Phi) is 4.95. The van der Waals surface area contributed by atoms with Crippen LogP contribution in [0.4, 0.5) is 0 Å². The summed E-state index contributed by atoms with van der Waals surface area (Å²) in [6.45, 7) is 0. The maximum Gasteiger partial charge on any atom is 0.296 e. The number of halogens is 1. The van der Waals surface area contributed by atoms with E-state index in [-0.39, 0.29) is 17.9 Å². The number of fused-ring (bicyclic) bond motifs is 3. The lowest BCUT2D eigenvalue weighted by atomic mass is 10.1. The molecule has 1 amide bonds. The van der Waals surface area contributed by atoms with Crippen molar-refractivity contribution in [3.63, 3.8) is 0 Å². The van der Waals surface area contributed by atoms with Crippen molar-refractivity contribution in [2.45, 2.75) is 6.42 Å². The van der Waals surface area contributed by atoms with Crippen LogP contribution in [0.5, 0.6) is 5.88 Å². The van der Waals surface area contributed by atoms with Gasteiger partial charge in [0.05, 0.1) is 30.4 Å². The van der Waals surface area contributed by atoms with E-state index in [0.717, 1.165) is 10.9 Å². The van der Waals surface area contributed by atoms with E-state index in [4.69, 9.17) is 16.3 Å². The molecule has 0 saturated heterocycles. The number of methoxy groups -OCH3 is 1. The highest BCUT2D eigenvalue weighted by molar-refractivity contribution is 6.31. The molecule has 4 aromatic rings. The van der Waals surface area contributed by atoms with Gasteiger partial charge in [-0.15, -0.1) is 0 Å². The van der Waals surface area contributed by atoms with Gasteiger partial charge in [0.1, 0.15) is 5.52 Å². The molecular formula is C21H20ClN5O3. The Bertz CT molecular complexity index is 1360. The number of carbonyl (C=O) groups excluding carboxylic acids is 1. The molecule has 154 valence electrons. The molecule has 0 aliphatic rings. The molecule has 0 unspecified atom stereocenters. The molecule has 0 atom stereocenters. The van der Waals surface area contributed by atoms with E-state index in [1.54, 1.807) is 56.2 Å². The predicted molar refractivity (Wildman–Crippen MR) is 116 cm³/mol. The topological polar surface area (TPSA) is 82.3 Å². The third-order valence-corrected chi connectivity index (χ3v) is 5.29. The maximum absolute atomic E-state index is 13.5. The number of benzene rings is 1. The van der Waals surface area contributed by atoms with Crippen LogP contribution in [0.3, 0.4) is 0 Å². The molecule has 0 spiro atoms. The highest BCUT2D eigenvalue weighted by atomic mass is 35.5. The summed E-state index contributed by atoms with van der Waals surface area (Å²) in [4.78, 5) is 31.6. The van der Waals surface area contributed by atoms with Gasteiger partial charge >= 0.3 is 0 Å². The third kappa shape index (κ3) is 3.19. The molecule has 0 radical (unpaired) electrons. The summed E-state index contributed by atoms with van der Waals surface area (Å²) in [5.41, 5.74) is 1.93. The molecular weight excluding hydrogens is 406 g/mol. The lowest BCUT2D eigenvalue weighted by molar-refractivity contribution is -0.128. The number of nitrogens with zero attached hydrogens (tertiary/aromatic N) is 5. The van der Waals surface area contributed by atoms with E-state index in [2.05, 4.69) is 10.1 Å². The van der Waals surface area contributed by atoms with Crippen LogP contribution in [0.25, 0.3) is 27.5 Å². The molecule has 0 fully saturated rings. The number of rotatable bonds is 4. The number of ether oxygens (including phenoxy) is 1. The smallest absolute Gasteiger partial charge is 0.296 e. The minimum absolute atomic E-state index is 0.0493. The Balaban J connectivity index is 2.11. The zero-order chi connectivity index (χ0) is 21.6. The maximum atomic E-state index is 13.5. The van der Waals surface area contributed by atoms with E-state index >= 15 is 0 Å². The number of aryl methyl sites for hydroxylation is 1. The van der Waals surface area contributed by atoms with Gasteiger partial charge in [0.25, 0.3) is 5.56 Å². The summed E-state index contributed by atoms with van der Waals surface area (Å²) in [5.74, 6) is 0.239. The number of pyridine rings is 1. The average Bonchev–Trinajstić information content (AvgIpc) is 3.02. The number of likely N-dealkylation sites (N-methyl/N-ethyl adjacent to an activating group) is 1. The molecule has 3 heterocycles. The quantitative estimate of drug-likeness (QED) is 0.502. The van der Waals surface area contributed by atoms with Crippen molar-refractivity contribution in [2.75, 3.05) is 21.2 Å². The first-order chi connectivity index (χ1) is 14.3. The van der Waals surface area contributed by atoms with Crippen molar-refractivity contribution in [2.24, 2.45) is 7.05 Å². The fourth-order valence-corrected chi connectivity index (χ4v) is 3.68. The minimum Gasteiger partial charge on any atom is -0.481 e. The molecule has 0 aliphatic carbocycles. The van der Waals surface area contributed by atoms with Crippen LogP contribution in [0.15, 0.2) is 41.3 Å². The summed E-state index contributed by atoms with van der Waals surface area (Å²) in [7, 11) is 6.68. The Morgan fingerprint density at radius 2 is 2.00 bits per heavy atom. The van der Waals surface area contributed by atoms with Crippen LogP contribution < -0.4 is 10.3 Å². The number of carbonyl (C=O) groups is 1. The molecule has 0 N–H and O–H groups in total. The van der Waals surface area contributed by atoms with E-state index in [1.807, 2.05) is 6.07 Å². The van der Waals surface area contributed by atoms with E-state index < -0.39 is 0 Å². The Hall–Kier alpha value is -3.39. The number of aromatic nitrogens is 4. The van der Waals surface area contributed by atoms with Gasteiger partial charge in [0.15, 0.2) is 0 Å². The van der Waals surface area contributed by atoms with Gasteiger partial charge in [0, 0.05) is 49.2 Å². The predicted octanol–water partition coefficient (Wildman–Crippen LogP) is 2.57. The zero-order valence-electron chi connectivity index (χ0n) is 17.0. The van der Waals surface area contributed by atoms with Crippen LogP contribution >= 0.6 is 11.6 Å². The second-order valence-electron chi connectivity index (χ2n) is 7.13. The summed E-state index contributed by atoms with van der Waals surface area (Å²) < 4.78 is 8.25. The molecule has 0 saturated carbocycles. The van der Waals surface area contributed by atoms with Crippen LogP contribution in [-0.4, -0.2) is 51.3 Å². The Morgan fingerprint density at radius 1 is 1.23 bits per heavy atom. The number of hydrogen-bond donors (Lipinski definition) is 0.